The lowest BCUT2D eigenvalue weighted by molar-refractivity contribution is -0.123. The topological polar surface area (TPSA) is 111 Å². The van der Waals surface area contributed by atoms with Crippen LogP contribution in [0.15, 0.2) is 30.3 Å². The van der Waals surface area contributed by atoms with E-state index in [0.29, 0.717) is 23.9 Å². The highest BCUT2D eigenvalue weighted by molar-refractivity contribution is 5.92. The van der Waals surface area contributed by atoms with Crippen LogP contribution >= 0.6 is 0 Å². The maximum Gasteiger partial charge on any atom is 0.257 e. The van der Waals surface area contributed by atoms with Crippen molar-refractivity contribution in [3.63, 3.8) is 0 Å². The first-order valence-electron chi connectivity index (χ1n) is 10.4. The fourth-order valence-corrected chi connectivity index (χ4v) is 3.35. The van der Waals surface area contributed by atoms with Gasteiger partial charge < -0.3 is 15.4 Å². The first-order chi connectivity index (χ1) is 15.3. The number of carbonyl (C=O) groups is 2. The molecule has 0 aliphatic carbocycles. The second kappa shape index (κ2) is 10.0. The average molecular weight is 437 g/mol. The van der Waals surface area contributed by atoms with Crippen molar-refractivity contribution in [1.29, 1.82) is 0 Å². The van der Waals surface area contributed by atoms with E-state index in [1.807, 2.05) is 40.7 Å². The molecule has 3 aromatic rings. The molecule has 2 N–H and O–H groups in total. The van der Waals surface area contributed by atoms with Crippen molar-refractivity contribution in [3.05, 3.63) is 58.7 Å². The number of ether oxygens (including phenoxy) is 1. The fourth-order valence-electron chi connectivity index (χ4n) is 3.35. The van der Waals surface area contributed by atoms with Gasteiger partial charge >= 0.3 is 0 Å². The Bertz CT molecular complexity index is 1120. The van der Waals surface area contributed by atoms with Crippen LogP contribution in [0.5, 0.6) is 5.75 Å². The van der Waals surface area contributed by atoms with Crippen molar-refractivity contribution in [3.8, 4) is 11.7 Å². The number of rotatable bonds is 8. The highest BCUT2D eigenvalue weighted by Gasteiger charge is 2.18. The van der Waals surface area contributed by atoms with E-state index in [2.05, 4.69) is 25.7 Å². The molecule has 0 bridgehead atoms. The van der Waals surface area contributed by atoms with Crippen LogP contribution in [-0.2, 0) is 16.0 Å². The zero-order valence-electron chi connectivity index (χ0n) is 19.0. The molecule has 0 unspecified atom stereocenters. The lowest BCUT2D eigenvalue weighted by atomic mass is 10.1. The number of hydrogen-bond acceptors (Lipinski definition) is 6. The third-order valence-corrected chi connectivity index (χ3v) is 4.80. The summed E-state index contributed by atoms with van der Waals surface area (Å²) in [4.78, 5) is 33.2. The molecule has 9 heteroatoms. The van der Waals surface area contributed by atoms with E-state index < -0.39 is 0 Å². The van der Waals surface area contributed by atoms with E-state index in [-0.39, 0.29) is 24.8 Å². The number of likely N-dealkylation sites (N-methyl/N-ethyl adjacent to an activating group) is 1. The van der Waals surface area contributed by atoms with E-state index in [9.17, 15) is 9.59 Å². The number of benzene rings is 1. The van der Waals surface area contributed by atoms with Crippen molar-refractivity contribution < 1.29 is 14.3 Å². The fraction of sp³-hybridized carbons (Fsp3) is 0.348. The van der Waals surface area contributed by atoms with Crippen LogP contribution in [0.25, 0.3) is 5.95 Å². The van der Waals surface area contributed by atoms with Crippen LogP contribution in [0.2, 0.25) is 0 Å². The van der Waals surface area contributed by atoms with E-state index in [0.717, 1.165) is 28.3 Å². The molecular formula is C23H28N6O3. The lowest BCUT2D eigenvalue weighted by Gasteiger charge is -2.10. The van der Waals surface area contributed by atoms with Gasteiger partial charge in [0.05, 0.1) is 12.1 Å². The summed E-state index contributed by atoms with van der Waals surface area (Å²) in [5.41, 5.74) is 4.70. The summed E-state index contributed by atoms with van der Waals surface area (Å²) in [5.74, 6) is 0.614. The van der Waals surface area contributed by atoms with Gasteiger partial charge in [0, 0.05) is 40.9 Å². The van der Waals surface area contributed by atoms with Crippen LogP contribution in [0.1, 0.15) is 35.3 Å². The predicted octanol–water partition coefficient (Wildman–Crippen LogP) is 2.59. The number of hydrogen-bond donors (Lipinski definition) is 2. The first-order valence-corrected chi connectivity index (χ1v) is 10.4. The molecule has 1 aromatic carbocycles. The minimum atomic E-state index is -0.197. The quantitative estimate of drug-likeness (QED) is 0.562. The maximum atomic E-state index is 12.7. The zero-order valence-corrected chi connectivity index (χ0v) is 19.0. The van der Waals surface area contributed by atoms with Gasteiger partial charge in [-0.25, -0.2) is 14.6 Å². The van der Waals surface area contributed by atoms with Crippen LogP contribution in [0.4, 0.5) is 5.69 Å². The lowest BCUT2D eigenvalue weighted by Crippen LogP contribution is -2.28. The Morgan fingerprint density at radius 3 is 2.44 bits per heavy atom. The Labute approximate surface area is 187 Å². The van der Waals surface area contributed by atoms with Crippen LogP contribution < -0.4 is 15.4 Å². The third kappa shape index (κ3) is 5.69. The number of nitrogens with zero attached hydrogens (tertiary/aromatic N) is 4. The largest absolute Gasteiger partial charge is 0.484 e. The molecule has 2 amide bonds. The van der Waals surface area contributed by atoms with E-state index >= 15 is 0 Å². The van der Waals surface area contributed by atoms with Crippen LogP contribution in [0, 0.1) is 27.7 Å². The van der Waals surface area contributed by atoms with Gasteiger partial charge in [0.25, 0.3) is 11.9 Å². The normalized spacial score (nSPS) is 10.7. The molecule has 0 fully saturated rings. The summed E-state index contributed by atoms with van der Waals surface area (Å²) in [6, 6.07) is 8.84. The molecule has 2 aromatic heterocycles. The molecule has 32 heavy (non-hydrogen) atoms. The number of carbonyl (C=O) groups excluding carboxylic acids is 2. The number of anilines is 1. The van der Waals surface area contributed by atoms with Gasteiger partial charge in [-0.2, -0.15) is 5.10 Å². The Morgan fingerprint density at radius 2 is 1.75 bits per heavy atom. The Kier molecular flexibility index (Phi) is 7.19. The molecule has 0 aliphatic rings. The molecule has 0 radical (unpaired) electrons. The van der Waals surface area contributed by atoms with Gasteiger partial charge in [0.1, 0.15) is 5.75 Å². The Hall–Kier alpha value is -3.75. The van der Waals surface area contributed by atoms with Crippen LogP contribution in [0.3, 0.4) is 0 Å². The van der Waals surface area contributed by atoms with Gasteiger partial charge in [-0.15, -0.1) is 0 Å². The molecular weight excluding hydrogens is 408 g/mol. The van der Waals surface area contributed by atoms with Crippen molar-refractivity contribution in [2.75, 3.05) is 18.5 Å². The van der Waals surface area contributed by atoms with Crippen molar-refractivity contribution in [1.82, 2.24) is 25.1 Å². The van der Waals surface area contributed by atoms with E-state index in [1.165, 1.54) is 0 Å². The van der Waals surface area contributed by atoms with Gasteiger partial charge in [-0.1, -0.05) is 6.07 Å². The summed E-state index contributed by atoms with van der Waals surface area (Å²) < 4.78 is 7.15. The summed E-state index contributed by atoms with van der Waals surface area (Å²) in [7, 11) is 0. The van der Waals surface area contributed by atoms with Gasteiger partial charge in [-0.3, -0.25) is 9.59 Å². The van der Waals surface area contributed by atoms with Crippen molar-refractivity contribution >= 4 is 17.5 Å². The Balaban J connectivity index is 1.70. The van der Waals surface area contributed by atoms with Gasteiger partial charge in [-0.05, 0) is 52.8 Å². The molecule has 168 valence electrons. The molecule has 0 saturated carbocycles. The molecule has 0 saturated heterocycles. The zero-order chi connectivity index (χ0) is 23.3. The van der Waals surface area contributed by atoms with Crippen LogP contribution in [-0.4, -0.2) is 44.7 Å². The summed E-state index contributed by atoms with van der Waals surface area (Å²) in [6.45, 7) is 9.89. The van der Waals surface area contributed by atoms with Gasteiger partial charge in [0.2, 0.25) is 5.91 Å². The second-order valence-corrected chi connectivity index (χ2v) is 7.51. The molecule has 9 nitrogen and oxygen atoms in total. The standard InChI is InChI=1S/C23H28N6O3/c1-6-24-22(31)13-32-19-9-7-8-18(11-19)27-21(30)12-20-16(4)28-29(17(20)5)23-25-14(2)10-15(3)26-23/h7-11H,6,12-13H2,1-5H3,(H,24,31)(H,27,30). The maximum absolute atomic E-state index is 12.7. The Morgan fingerprint density at radius 1 is 1.03 bits per heavy atom. The smallest absolute Gasteiger partial charge is 0.257 e. The second-order valence-electron chi connectivity index (χ2n) is 7.51. The van der Waals surface area contributed by atoms with Gasteiger partial charge in [0.15, 0.2) is 6.61 Å². The van der Waals surface area contributed by atoms with E-state index in [4.69, 9.17) is 4.74 Å². The van der Waals surface area contributed by atoms with Crippen molar-refractivity contribution in [2.24, 2.45) is 0 Å². The van der Waals surface area contributed by atoms with E-state index in [1.54, 1.807) is 28.9 Å². The molecule has 3 rings (SSSR count). The number of aromatic nitrogens is 4. The summed E-state index contributed by atoms with van der Waals surface area (Å²) in [6.07, 6.45) is 0.159. The minimum Gasteiger partial charge on any atom is -0.484 e. The first kappa shape index (κ1) is 22.9. The summed E-state index contributed by atoms with van der Waals surface area (Å²) in [5, 5.41) is 10.1. The molecule has 0 aliphatic heterocycles. The molecule has 2 heterocycles. The number of amides is 2. The highest BCUT2D eigenvalue weighted by atomic mass is 16.5. The SMILES string of the molecule is CCNC(=O)COc1cccc(NC(=O)Cc2c(C)nn(-c3nc(C)cc(C)n3)c2C)c1. The number of nitrogens with one attached hydrogen (secondary N) is 2. The third-order valence-electron chi connectivity index (χ3n) is 4.80. The number of aryl methyl sites for hydroxylation is 3. The minimum absolute atomic E-state index is 0.0800. The molecule has 0 spiro atoms. The monoisotopic (exact) mass is 436 g/mol. The summed E-state index contributed by atoms with van der Waals surface area (Å²) >= 11 is 0. The molecule has 0 atom stereocenters. The predicted molar refractivity (Wildman–Crippen MR) is 121 cm³/mol. The highest BCUT2D eigenvalue weighted by Crippen LogP contribution is 2.20. The average Bonchev–Trinajstić information content (AvgIpc) is 3.00. The van der Waals surface area contributed by atoms with Crippen molar-refractivity contribution in [2.45, 2.75) is 41.0 Å².